The zero-order chi connectivity index (χ0) is 15.7. The number of nitrogens with zero attached hydrogens (tertiary/aromatic N) is 2. The van der Waals surface area contributed by atoms with Crippen molar-refractivity contribution in [2.45, 2.75) is 13.0 Å². The fraction of sp³-hybridized carbons (Fsp3) is 0.333. The molecule has 0 spiro atoms. The van der Waals surface area contributed by atoms with E-state index in [9.17, 15) is 9.90 Å². The number of ether oxygens (including phenoxy) is 1. The number of fused-ring (bicyclic) bond motifs is 1. The van der Waals surface area contributed by atoms with Gasteiger partial charge in [-0.25, -0.2) is 4.98 Å². The molecule has 0 bridgehead atoms. The van der Waals surface area contributed by atoms with E-state index < -0.39 is 12.7 Å². The summed E-state index contributed by atoms with van der Waals surface area (Å²) in [5, 5.41) is 21.6. The molecule has 22 heavy (non-hydrogen) atoms. The van der Waals surface area contributed by atoms with Crippen molar-refractivity contribution in [3.63, 3.8) is 0 Å². The number of aliphatic hydroxyl groups is 2. The molecule has 1 aromatic heterocycles. The van der Waals surface area contributed by atoms with Gasteiger partial charge in [-0.3, -0.25) is 4.79 Å². The number of aliphatic hydroxyl groups excluding tert-OH is 2. The van der Waals surface area contributed by atoms with E-state index in [1.54, 1.807) is 17.4 Å². The lowest BCUT2D eigenvalue weighted by Crippen LogP contribution is -2.44. The molecule has 1 atom stereocenters. The Morgan fingerprint density at radius 3 is 3.00 bits per heavy atom. The summed E-state index contributed by atoms with van der Waals surface area (Å²) in [4.78, 5) is 17.9. The second-order valence-corrected chi connectivity index (χ2v) is 6.13. The van der Waals surface area contributed by atoms with Crippen molar-refractivity contribution in [1.82, 2.24) is 4.98 Å². The topological polar surface area (TPSA) is 82.9 Å². The van der Waals surface area contributed by atoms with Gasteiger partial charge in [-0.1, -0.05) is 0 Å². The molecule has 6 nitrogen and oxygen atoms in total. The quantitative estimate of drug-likeness (QED) is 0.884. The molecule has 0 saturated heterocycles. The summed E-state index contributed by atoms with van der Waals surface area (Å²) in [6, 6.07) is 5.51. The lowest BCUT2D eigenvalue weighted by atomic mass is 10.1. The van der Waals surface area contributed by atoms with E-state index in [1.165, 1.54) is 4.90 Å². The van der Waals surface area contributed by atoms with Crippen molar-refractivity contribution in [2.24, 2.45) is 0 Å². The normalized spacial score (nSPS) is 15.4. The van der Waals surface area contributed by atoms with Crippen LogP contribution in [0.5, 0.6) is 5.75 Å². The van der Waals surface area contributed by atoms with Gasteiger partial charge in [0.1, 0.15) is 5.75 Å². The highest BCUT2D eigenvalue weighted by molar-refractivity contribution is 7.09. The van der Waals surface area contributed by atoms with E-state index in [0.717, 1.165) is 16.3 Å². The Morgan fingerprint density at radius 2 is 2.32 bits per heavy atom. The zero-order valence-electron chi connectivity index (χ0n) is 12.0. The third-order valence-corrected chi connectivity index (χ3v) is 4.19. The van der Waals surface area contributed by atoms with Crippen LogP contribution in [0.25, 0.3) is 11.3 Å². The molecule has 1 aliphatic heterocycles. The van der Waals surface area contributed by atoms with Crippen LogP contribution in [0.1, 0.15) is 5.01 Å². The summed E-state index contributed by atoms with van der Waals surface area (Å²) in [7, 11) is 0. The number of thiazole rings is 1. The van der Waals surface area contributed by atoms with Crippen LogP contribution in [0, 0.1) is 6.92 Å². The summed E-state index contributed by atoms with van der Waals surface area (Å²) in [6.07, 6.45) is -0.986. The van der Waals surface area contributed by atoms with Crippen LogP contribution in [0.3, 0.4) is 0 Å². The third kappa shape index (κ3) is 2.83. The van der Waals surface area contributed by atoms with Crippen LogP contribution in [0.2, 0.25) is 0 Å². The first-order valence-corrected chi connectivity index (χ1v) is 7.75. The number of aryl methyl sites for hydroxylation is 1. The Bertz CT molecular complexity index is 701. The lowest BCUT2D eigenvalue weighted by molar-refractivity contribution is -0.121. The van der Waals surface area contributed by atoms with Crippen LogP contribution in [0.15, 0.2) is 23.6 Å². The minimum atomic E-state index is -0.986. The minimum Gasteiger partial charge on any atom is -0.482 e. The van der Waals surface area contributed by atoms with Gasteiger partial charge in [-0.2, -0.15) is 0 Å². The van der Waals surface area contributed by atoms with E-state index >= 15 is 0 Å². The first-order chi connectivity index (χ1) is 10.6. The summed E-state index contributed by atoms with van der Waals surface area (Å²) < 4.78 is 5.42. The maximum Gasteiger partial charge on any atom is 0.265 e. The lowest BCUT2D eigenvalue weighted by Gasteiger charge is -2.30. The number of benzene rings is 1. The molecule has 1 amide bonds. The Hall–Kier alpha value is -1.96. The summed E-state index contributed by atoms with van der Waals surface area (Å²) in [5.74, 6) is 0.340. The van der Waals surface area contributed by atoms with Gasteiger partial charge >= 0.3 is 0 Å². The van der Waals surface area contributed by atoms with E-state index in [-0.39, 0.29) is 19.1 Å². The van der Waals surface area contributed by atoms with Crippen LogP contribution >= 0.6 is 11.3 Å². The Labute approximate surface area is 131 Å². The molecule has 2 heterocycles. The van der Waals surface area contributed by atoms with Crippen LogP contribution < -0.4 is 9.64 Å². The predicted molar refractivity (Wildman–Crippen MR) is 83.2 cm³/mol. The molecular formula is C15H16N2O4S. The zero-order valence-corrected chi connectivity index (χ0v) is 12.8. The number of carbonyl (C=O) groups excluding carboxylic acids is 1. The van der Waals surface area contributed by atoms with Gasteiger partial charge in [0.25, 0.3) is 5.91 Å². The monoisotopic (exact) mass is 320 g/mol. The van der Waals surface area contributed by atoms with Crippen molar-refractivity contribution >= 4 is 22.9 Å². The fourth-order valence-corrected chi connectivity index (χ4v) is 2.95. The van der Waals surface area contributed by atoms with Gasteiger partial charge in [0.2, 0.25) is 0 Å². The van der Waals surface area contributed by atoms with E-state index in [1.807, 2.05) is 24.4 Å². The van der Waals surface area contributed by atoms with Crippen LogP contribution in [-0.2, 0) is 4.79 Å². The summed E-state index contributed by atoms with van der Waals surface area (Å²) >= 11 is 1.56. The van der Waals surface area contributed by atoms with Crippen molar-refractivity contribution in [2.75, 3.05) is 24.7 Å². The molecule has 2 N–H and O–H groups in total. The molecule has 7 heteroatoms. The number of anilines is 1. The molecule has 0 aliphatic carbocycles. The molecule has 116 valence electrons. The molecular weight excluding hydrogens is 304 g/mol. The Kier molecular flexibility index (Phi) is 4.10. The average Bonchev–Trinajstić information content (AvgIpc) is 2.96. The second-order valence-electron chi connectivity index (χ2n) is 5.06. The van der Waals surface area contributed by atoms with Crippen molar-refractivity contribution in [1.29, 1.82) is 0 Å². The first-order valence-electron chi connectivity index (χ1n) is 6.87. The molecule has 1 aliphatic rings. The SMILES string of the molecule is Cc1nc(-c2ccc3c(c2)N(C[C@@H](O)CO)C(=O)CO3)cs1. The number of aromatic nitrogens is 1. The standard InChI is InChI=1S/C15H16N2O4S/c1-9-16-12(8-22-9)10-2-3-14-13(4-10)17(5-11(19)6-18)15(20)7-21-14/h2-4,8,11,18-19H,5-7H2,1H3/t11-/m1/s1. The summed E-state index contributed by atoms with van der Waals surface area (Å²) in [5.41, 5.74) is 2.31. The molecule has 2 aromatic rings. The number of rotatable bonds is 4. The largest absolute Gasteiger partial charge is 0.482 e. The van der Waals surface area contributed by atoms with Gasteiger partial charge in [0, 0.05) is 10.9 Å². The van der Waals surface area contributed by atoms with Crippen molar-refractivity contribution in [3.8, 4) is 17.0 Å². The highest BCUT2D eigenvalue weighted by Crippen LogP contribution is 2.36. The maximum absolute atomic E-state index is 12.1. The second kappa shape index (κ2) is 6.04. The number of hydrogen-bond donors (Lipinski definition) is 2. The van der Waals surface area contributed by atoms with Crippen LogP contribution in [0.4, 0.5) is 5.69 Å². The Morgan fingerprint density at radius 1 is 1.50 bits per heavy atom. The predicted octanol–water partition coefficient (Wildman–Crippen LogP) is 1.20. The van der Waals surface area contributed by atoms with Gasteiger partial charge in [-0.15, -0.1) is 11.3 Å². The highest BCUT2D eigenvalue weighted by Gasteiger charge is 2.27. The first kappa shape index (κ1) is 15.0. The molecule has 0 unspecified atom stereocenters. The molecule has 1 aromatic carbocycles. The molecule has 3 rings (SSSR count). The fourth-order valence-electron chi connectivity index (χ4n) is 2.33. The van der Waals surface area contributed by atoms with Crippen LogP contribution in [-0.4, -0.2) is 47.0 Å². The van der Waals surface area contributed by atoms with Gasteiger partial charge in [0.05, 0.1) is 35.6 Å². The third-order valence-electron chi connectivity index (χ3n) is 3.42. The number of amides is 1. The number of hydrogen-bond acceptors (Lipinski definition) is 6. The van der Waals surface area contributed by atoms with Gasteiger partial charge < -0.3 is 19.8 Å². The average molecular weight is 320 g/mol. The smallest absolute Gasteiger partial charge is 0.265 e. The van der Waals surface area contributed by atoms with Crippen molar-refractivity contribution < 1.29 is 19.7 Å². The van der Waals surface area contributed by atoms with Gasteiger partial charge in [-0.05, 0) is 25.1 Å². The maximum atomic E-state index is 12.1. The van der Waals surface area contributed by atoms with Crippen molar-refractivity contribution in [3.05, 3.63) is 28.6 Å². The van der Waals surface area contributed by atoms with E-state index in [4.69, 9.17) is 9.84 Å². The minimum absolute atomic E-state index is 0.0330. The van der Waals surface area contributed by atoms with Gasteiger partial charge in [0.15, 0.2) is 6.61 Å². The Balaban J connectivity index is 1.99. The van der Waals surface area contributed by atoms with E-state index in [0.29, 0.717) is 11.4 Å². The number of carbonyl (C=O) groups is 1. The summed E-state index contributed by atoms with van der Waals surface area (Å²) in [6.45, 7) is 1.50. The molecule has 0 saturated carbocycles. The van der Waals surface area contributed by atoms with E-state index in [2.05, 4.69) is 4.98 Å². The highest BCUT2D eigenvalue weighted by atomic mass is 32.1. The molecule has 0 radical (unpaired) electrons. The number of β-amino-alcohol motifs (C(OH)–C–C–N with tert-alkyl or cyclic N) is 1. The molecule has 0 fully saturated rings.